The van der Waals surface area contributed by atoms with Gasteiger partial charge in [0, 0.05) is 37.5 Å². The summed E-state index contributed by atoms with van der Waals surface area (Å²) in [5.74, 6) is 0.798. The summed E-state index contributed by atoms with van der Waals surface area (Å²) >= 11 is 0. The van der Waals surface area contributed by atoms with Crippen molar-refractivity contribution in [1.82, 2.24) is 14.9 Å². The van der Waals surface area contributed by atoms with Crippen LogP contribution in [0, 0.1) is 18.8 Å². The first kappa shape index (κ1) is 19.6. The van der Waals surface area contributed by atoms with Crippen LogP contribution in [-0.4, -0.2) is 60.0 Å². The summed E-state index contributed by atoms with van der Waals surface area (Å²) in [4.78, 5) is 38.1. The highest BCUT2D eigenvalue weighted by Crippen LogP contribution is 2.27. The van der Waals surface area contributed by atoms with Gasteiger partial charge >= 0.3 is 5.97 Å². The number of hydrogen-bond acceptors (Lipinski definition) is 6. The Labute approximate surface area is 171 Å². The summed E-state index contributed by atoms with van der Waals surface area (Å²) in [6, 6.07) is 8.06. The monoisotopic (exact) mass is 396 g/mol. The third-order valence-corrected chi connectivity index (χ3v) is 6.25. The molecule has 3 heterocycles. The van der Waals surface area contributed by atoms with Crippen LogP contribution in [0.2, 0.25) is 0 Å². The molecule has 2 aliphatic heterocycles. The fourth-order valence-corrected chi connectivity index (χ4v) is 4.45. The van der Waals surface area contributed by atoms with E-state index in [9.17, 15) is 9.59 Å². The van der Waals surface area contributed by atoms with Gasteiger partial charge in [0.15, 0.2) is 0 Å². The maximum absolute atomic E-state index is 12.9. The van der Waals surface area contributed by atoms with Crippen LogP contribution in [-0.2, 0) is 14.3 Å². The minimum absolute atomic E-state index is 0.0440. The van der Waals surface area contributed by atoms with Gasteiger partial charge in [0.2, 0.25) is 11.9 Å². The molecule has 1 aromatic heterocycles. The van der Waals surface area contributed by atoms with E-state index in [0.29, 0.717) is 25.9 Å². The maximum Gasteiger partial charge on any atom is 0.308 e. The van der Waals surface area contributed by atoms with Crippen LogP contribution in [0.1, 0.15) is 31.4 Å². The second kappa shape index (κ2) is 8.35. The van der Waals surface area contributed by atoms with Crippen molar-refractivity contribution < 1.29 is 14.3 Å². The molecule has 0 saturated carbocycles. The van der Waals surface area contributed by atoms with Gasteiger partial charge in [-0.05, 0) is 38.7 Å². The van der Waals surface area contributed by atoms with Gasteiger partial charge in [-0.25, -0.2) is 9.97 Å². The molecule has 7 nitrogen and oxygen atoms in total. The highest BCUT2D eigenvalue weighted by molar-refractivity contribution is 5.82. The van der Waals surface area contributed by atoms with E-state index in [0.717, 1.165) is 48.5 Å². The molecule has 0 unspecified atom stereocenters. The number of ether oxygens (including phenoxy) is 1. The van der Waals surface area contributed by atoms with E-state index < -0.39 is 0 Å². The number of benzene rings is 1. The van der Waals surface area contributed by atoms with Crippen molar-refractivity contribution in [3.63, 3.8) is 0 Å². The lowest BCUT2D eigenvalue weighted by molar-refractivity contribution is -0.149. The van der Waals surface area contributed by atoms with Gasteiger partial charge in [-0.3, -0.25) is 9.59 Å². The first-order valence-corrected chi connectivity index (χ1v) is 10.4. The average molecular weight is 396 g/mol. The number of methoxy groups -OCH3 is 1. The molecule has 1 aromatic carbocycles. The summed E-state index contributed by atoms with van der Waals surface area (Å²) in [6.45, 7) is 4.87. The van der Waals surface area contributed by atoms with Crippen molar-refractivity contribution in [2.45, 2.75) is 32.6 Å². The molecule has 0 atom stereocenters. The molecule has 29 heavy (non-hydrogen) atoms. The molecular formula is C22H28N4O3. The number of para-hydroxylation sites is 1. The number of aryl methyl sites for hydroxylation is 1. The number of nitrogens with zero attached hydrogens (tertiary/aromatic N) is 4. The summed E-state index contributed by atoms with van der Waals surface area (Å²) in [7, 11) is 1.42. The minimum Gasteiger partial charge on any atom is -0.469 e. The molecule has 2 saturated heterocycles. The molecular weight excluding hydrogens is 368 g/mol. The Morgan fingerprint density at radius 3 is 2.31 bits per heavy atom. The molecule has 1 amide bonds. The number of aromatic nitrogens is 2. The quantitative estimate of drug-likeness (QED) is 0.743. The summed E-state index contributed by atoms with van der Waals surface area (Å²) < 4.78 is 4.83. The fraction of sp³-hybridized carbons (Fsp3) is 0.545. The van der Waals surface area contributed by atoms with Crippen LogP contribution in [0.4, 0.5) is 5.95 Å². The number of rotatable bonds is 3. The number of amides is 1. The van der Waals surface area contributed by atoms with E-state index >= 15 is 0 Å². The van der Waals surface area contributed by atoms with Gasteiger partial charge in [-0.2, -0.15) is 0 Å². The first-order chi connectivity index (χ1) is 14.1. The fourth-order valence-electron chi connectivity index (χ4n) is 4.45. The maximum atomic E-state index is 12.9. The van der Waals surface area contributed by atoms with E-state index in [2.05, 4.69) is 4.90 Å². The summed E-state index contributed by atoms with van der Waals surface area (Å²) in [5.41, 5.74) is 1.94. The molecule has 2 aromatic rings. The predicted octanol–water partition coefficient (Wildman–Crippen LogP) is 2.57. The van der Waals surface area contributed by atoms with E-state index in [4.69, 9.17) is 14.7 Å². The van der Waals surface area contributed by atoms with E-state index in [1.807, 2.05) is 36.1 Å². The van der Waals surface area contributed by atoms with Crippen molar-refractivity contribution >= 4 is 28.7 Å². The Morgan fingerprint density at radius 2 is 1.62 bits per heavy atom. The average Bonchev–Trinajstić information content (AvgIpc) is 2.78. The molecule has 7 heteroatoms. The number of anilines is 1. The molecule has 2 aliphatic rings. The Bertz CT molecular complexity index is 900. The summed E-state index contributed by atoms with van der Waals surface area (Å²) in [5, 5.41) is 1.08. The van der Waals surface area contributed by atoms with Gasteiger partial charge in [-0.15, -0.1) is 0 Å². The second-order valence-corrected chi connectivity index (χ2v) is 8.01. The van der Waals surface area contributed by atoms with Gasteiger partial charge < -0.3 is 14.5 Å². The largest absolute Gasteiger partial charge is 0.469 e. The van der Waals surface area contributed by atoms with E-state index in [1.165, 1.54) is 7.11 Å². The third-order valence-electron chi connectivity index (χ3n) is 6.25. The van der Waals surface area contributed by atoms with Crippen LogP contribution in [0.5, 0.6) is 0 Å². The zero-order chi connectivity index (χ0) is 20.4. The van der Waals surface area contributed by atoms with E-state index in [-0.39, 0.29) is 23.7 Å². The van der Waals surface area contributed by atoms with Crippen molar-refractivity contribution in [3.8, 4) is 0 Å². The SMILES string of the molecule is COC(=O)C1CCN(C(=O)C2CCN(c3nc(C)c4ccccc4n3)CC2)CC1. The number of fused-ring (bicyclic) bond motifs is 1. The molecule has 2 fully saturated rings. The zero-order valence-electron chi connectivity index (χ0n) is 17.1. The number of carbonyl (C=O) groups is 2. The van der Waals surface area contributed by atoms with Crippen molar-refractivity contribution in [2.24, 2.45) is 11.8 Å². The Hall–Kier alpha value is -2.70. The summed E-state index contributed by atoms with van der Waals surface area (Å²) in [6.07, 6.45) is 3.01. The topological polar surface area (TPSA) is 75.6 Å². The smallest absolute Gasteiger partial charge is 0.308 e. The highest BCUT2D eigenvalue weighted by atomic mass is 16.5. The predicted molar refractivity (Wildman–Crippen MR) is 111 cm³/mol. The molecule has 0 bridgehead atoms. The zero-order valence-corrected chi connectivity index (χ0v) is 17.1. The third kappa shape index (κ3) is 4.04. The number of hydrogen-bond donors (Lipinski definition) is 0. The van der Waals surface area contributed by atoms with Crippen LogP contribution in [0.25, 0.3) is 10.9 Å². The standard InChI is InChI=1S/C22H28N4O3/c1-15-18-5-3-4-6-19(18)24-22(23-15)26-13-7-16(8-14-26)20(27)25-11-9-17(10-12-25)21(28)29-2/h3-6,16-17H,7-14H2,1-2H3. The number of piperidine rings is 2. The lowest BCUT2D eigenvalue weighted by Crippen LogP contribution is -2.46. The van der Waals surface area contributed by atoms with Gasteiger partial charge in [0.05, 0.1) is 24.2 Å². The van der Waals surface area contributed by atoms with Crippen LogP contribution >= 0.6 is 0 Å². The van der Waals surface area contributed by atoms with Crippen LogP contribution in [0.15, 0.2) is 24.3 Å². The molecule has 154 valence electrons. The first-order valence-electron chi connectivity index (χ1n) is 10.4. The lowest BCUT2D eigenvalue weighted by atomic mass is 9.92. The molecule has 0 N–H and O–H groups in total. The van der Waals surface area contributed by atoms with Gasteiger partial charge in [0.1, 0.15) is 0 Å². The minimum atomic E-state index is -0.156. The molecule has 4 rings (SSSR count). The Kier molecular flexibility index (Phi) is 5.65. The number of carbonyl (C=O) groups excluding carboxylic acids is 2. The lowest BCUT2D eigenvalue weighted by Gasteiger charge is -2.36. The molecule has 0 aliphatic carbocycles. The molecule has 0 radical (unpaired) electrons. The van der Waals surface area contributed by atoms with Crippen LogP contribution < -0.4 is 4.90 Å². The van der Waals surface area contributed by atoms with Crippen molar-refractivity contribution in [2.75, 3.05) is 38.2 Å². The Balaban J connectivity index is 1.35. The van der Waals surface area contributed by atoms with Crippen molar-refractivity contribution in [3.05, 3.63) is 30.0 Å². The normalized spacial score (nSPS) is 18.8. The van der Waals surface area contributed by atoms with Crippen LogP contribution in [0.3, 0.4) is 0 Å². The van der Waals surface area contributed by atoms with Gasteiger partial charge in [0.25, 0.3) is 0 Å². The second-order valence-electron chi connectivity index (χ2n) is 8.01. The molecule has 0 spiro atoms. The number of likely N-dealkylation sites (tertiary alicyclic amines) is 1. The van der Waals surface area contributed by atoms with E-state index in [1.54, 1.807) is 0 Å². The Morgan fingerprint density at radius 1 is 0.966 bits per heavy atom. The highest BCUT2D eigenvalue weighted by Gasteiger charge is 2.33. The van der Waals surface area contributed by atoms with Crippen molar-refractivity contribution in [1.29, 1.82) is 0 Å². The van der Waals surface area contributed by atoms with Gasteiger partial charge in [-0.1, -0.05) is 18.2 Å². The number of esters is 1.